The van der Waals surface area contributed by atoms with Crippen molar-refractivity contribution in [1.29, 1.82) is 5.41 Å². The Morgan fingerprint density at radius 1 is 1.07 bits per heavy atom. The Balaban J connectivity index is 1.52. The first-order chi connectivity index (χ1) is 19.3. The van der Waals surface area contributed by atoms with E-state index < -0.39 is 0 Å². The maximum Gasteiger partial charge on any atom is 0.300 e. The SMILES string of the molecule is CCC(C)NCCC(CCO)Nc1ncnc(NC)c1C(=N)c1ccc(Nc2nc3cc(C)cc(C)c3o2)cc1. The van der Waals surface area contributed by atoms with Crippen LogP contribution in [0.5, 0.6) is 0 Å². The lowest BCUT2D eigenvalue weighted by Gasteiger charge is -2.22. The van der Waals surface area contributed by atoms with Crippen LogP contribution in [0.15, 0.2) is 47.1 Å². The van der Waals surface area contributed by atoms with Crippen molar-refractivity contribution < 1.29 is 9.52 Å². The van der Waals surface area contributed by atoms with Gasteiger partial charge in [-0.1, -0.05) is 25.1 Å². The molecular formula is C30H40N8O2. The van der Waals surface area contributed by atoms with Crippen molar-refractivity contribution in [1.82, 2.24) is 20.3 Å². The summed E-state index contributed by atoms with van der Waals surface area (Å²) in [6.07, 6.45) is 3.92. The molecule has 2 heterocycles. The summed E-state index contributed by atoms with van der Waals surface area (Å²) >= 11 is 0. The van der Waals surface area contributed by atoms with E-state index in [2.05, 4.69) is 56.1 Å². The van der Waals surface area contributed by atoms with E-state index in [0.29, 0.717) is 41.2 Å². The number of hydrogen-bond donors (Lipinski definition) is 6. The Labute approximate surface area is 235 Å². The number of oxazole rings is 1. The molecule has 4 rings (SSSR count). The Kier molecular flexibility index (Phi) is 9.68. The van der Waals surface area contributed by atoms with Crippen LogP contribution in [0.4, 0.5) is 23.3 Å². The van der Waals surface area contributed by atoms with Crippen LogP contribution in [-0.2, 0) is 0 Å². The number of fused-ring (bicyclic) bond motifs is 1. The average Bonchev–Trinajstić information content (AvgIpc) is 3.35. The highest BCUT2D eigenvalue weighted by molar-refractivity contribution is 6.16. The molecule has 2 aromatic carbocycles. The molecule has 6 N–H and O–H groups in total. The molecule has 2 unspecified atom stereocenters. The van der Waals surface area contributed by atoms with Gasteiger partial charge in [-0.25, -0.2) is 9.97 Å². The minimum Gasteiger partial charge on any atom is -0.423 e. The van der Waals surface area contributed by atoms with Gasteiger partial charge in [0.1, 0.15) is 23.5 Å². The lowest BCUT2D eigenvalue weighted by Crippen LogP contribution is -2.32. The number of aliphatic hydroxyl groups is 1. The second-order valence-corrected chi connectivity index (χ2v) is 10.1. The first-order valence-electron chi connectivity index (χ1n) is 13.8. The fraction of sp³-hybridized carbons (Fsp3) is 0.400. The van der Waals surface area contributed by atoms with E-state index in [1.165, 1.54) is 6.33 Å². The molecule has 0 aliphatic carbocycles. The maximum atomic E-state index is 9.66. The highest BCUT2D eigenvalue weighted by atomic mass is 16.4. The van der Waals surface area contributed by atoms with Crippen molar-refractivity contribution in [2.45, 2.75) is 59.0 Å². The van der Waals surface area contributed by atoms with Crippen LogP contribution >= 0.6 is 0 Å². The molecule has 0 saturated heterocycles. The number of aromatic nitrogens is 3. The molecule has 0 amide bonds. The van der Waals surface area contributed by atoms with Gasteiger partial charge in [-0.2, -0.15) is 4.98 Å². The van der Waals surface area contributed by atoms with Crippen molar-refractivity contribution in [3.05, 3.63) is 65.0 Å². The molecular weight excluding hydrogens is 504 g/mol. The zero-order valence-corrected chi connectivity index (χ0v) is 23.9. The van der Waals surface area contributed by atoms with Gasteiger partial charge in [-0.15, -0.1) is 0 Å². The van der Waals surface area contributed by atoms with Gasteiger partial charge in [0.15, 0.2) is 5.58 Å². The summed E-state index contributed by atoms with van der Waals surface area (Å²) in [6.45, 7) is 9.24. The van der Waals surface area contributed by atoms with Gasteiger partial charge in [0.05, 0.1) is 11.3 Å². The quantitative estimate of drug-likeness (QED) is 0.115. The molecule has 0 fully saturated rings. The van der Waals surface area contributed by atoms with E-state index in [4.69, 9.17) is 9.83 Å². The van der Waals surface area contributed by atoms with E-state index >= 15 is 0 Å². The summed E-state index contributed by atoms with van der Waals surface area (Å²) < 4.78 is 5.94. The van der Waals surface area contributed by atoms with Gasteiger partial charge < -0.3 is 30.8 Å². The first kappa shape index (κ1) is 29.0. The first-order valence-corrected chi connectivity index (χ1v) is 13.8. The summed E-state index contributed by atoms with van der Waals surface area (Å²) in [6, 6.07) is 12.4. The van der Waals surface area contributed by atoms with Crippen LogP contribution < -0.4 is 21.3 Å². The number of aliphatic hydroxyl groups excluding tert-OH is 1. The molecule has 4 aromatic rings. The molecule has 0 aliphatic rings. The van der Waals surface area contributed by atoms with Gasteiger partial charge in [0.25, 0.3) is 6.01 Å². The number of aryl methyl sites for hydroxylation is 2. The van der Waals surface area contributed by atoms with Crippen molar-refractivity contribution in [3.8, 4) is 0 Å². The number of nitrogens with zero attached hydrogens (tertiary/aromatic N) is 3. The predicted molar refractivity (Wildman–Crippen MR) is 162 cm³/mol. The normalized spacial score (nSPS) is 12.8. The lowest BCUT2D eigenvalue weighted by atomic mass is 10.0. The summed E-state index contributed by atoms with van der Waals surface area (Å²) in [7, 11) is 1.78. The van der Waals surface area contributed by atoms with E-state index in [1.807, 2.05) is 44.2 Å². The Morgan fingerprint density at radius 2 is 1.82 bits per heavy atom. The molecule has 0 spiro atoms. The largest absolute Gasteiger partial charge is 0.423 e. The smallest absolute Gasteiger partial charge is 0.300 e. The molecule has 212 valence electrons. The van der Waals surface area contributed by atoms with Crippen LogP contribution in [0.1, 0.15) is 55.4 Å². The van der Waals surface area contributed by atoms with Crippen LogP contribution in [0, 0.1) is 19.3 Å². The van der Waals surface area contributed by atoms with E-state index in [9.17, 15) is 5.11 Å². The van der Waals surface area contributed by atoms with Crippen molar-refractivity contribution in [2.24, 2.45) is 0 Å². The van der Waals surface area contributed by atoms with Crippen LogP contribution in [-0.4, -0.2) is 58.1 Å². The summed E-state index contributed by atoms with van der Waals surface area (Å²) in [5.41, 5.74) is 6.13. The lowest BCUT2D eigenvalue weighted by molar-refractivity contribution is 0.276. The minimum absolute atomic E-state index is 0.0111. The van der Waals surface area contributed by atoms with Crippen LogP contribution in [0.2, 0.25) is 0 Å². The van der Waals surface area contributed by atoms with Gasteiger partial charge in [0, 0.05) is 37.0 Å². The molecule has 2 atom stereocenters. The predicted octanol–water partition coefficient (Wildman–Crippen LogP) is 5.38. The zero-order chi connectivity index (χ0) is 28.6. The molecule has 0 bridgehead atoms. The maximum absolute atomic E-state index is 9.66. The number of rotatable bonds is 14. The van der Waals surface area contributed by atoms with Gasteiger partial charge in [-0.05, 0) is 75.9 Å². The Hall–Kier alpha value is -4.02. The van der Waals surface area contributed by atoms with Crippen molar-refractivity contribution in [3.63, 3.8) is 0 Å². The zero-order valence-electron chi connectivity index (χ0n) is 23.9. The molecule has 10 heteroatoms. The van der Waals surface area contributed by atoms with Gasteiger partial charge in [0.2, 0.25) is 0 Å². The molecule has 0 saturated carbocycles. The van der Waals surface area contributed by atoms with Gasteiger partial charge >= 0.3 is 0 Å². The third kappa shape index (κ3) is 6.94. The van der Waals surface area contributed by atoms with Crippen LogP contribution in [0.25, 0.3) is 11.1 Å². The highest BCUT2D eigenvalue weighted by Gasteiger charge is 2.20. The van der Waals surface area contributed by atoms with Crippen molar-refractivity contribution >= 4 is 40.1 Å². The molecule has 2 aromatic heterocycles. The topological polar surface area (TPSA) is 144 Å². The van der Waals surface area contributed by atoms with E-state index in [1.54, 1.807) is 7.05 Å². The standard InChI is InChI=1S/C30H40N8O2/c1-6-20(4)33-13-11-23(12-14-39)36-29-25(28(32-5)34-17-35-29)26(31)21-7-9-22(10-8-21)37-30-38-24-16-18(2)15-19(3)27(24)40-30/h7-10,15-17,20,23,31,33,39H,6,11-14H2,1-5H3,(H,37,38)(H2,32,34,35,36). The third-order valence-electron chi connectivity index (χ3n) is 7.00. The monoisotopic (exact) mass is 544 g/mol. The summed E-state index contributed by atoms with van der Waals surface area (Å²) in [5, 5.41) is 32.0. The van der Waals surface area contributed by atoms with Gasteiger partial charge in [-0.3, -0.25) is 5.41 Å². The second kappa shape index (κ2) is 13.4. The number of nitrogens with one attached hydrogen (secondary N) is 5. The van der Waals surface area contributed by atoms with Crippen molar-refractivity contribution in [2.75, 3.05) is 36.1 Å². The summed E-state index contributed by atoms with van der Waals surface area (Å²) in [4.78, 5) is 13.4. The number of hydrogen-bond acceptors (Lipinski definition) is 10. The fourth-order valence-electron chi connectivity index (χ4n) is 4.63. The minimum atomic E-state index is -0.0111. The third-order valence-corrected chi connectivity index (χ3v) is 7.00. The Bertz CT molecular complexity index is 1430. The van der Waals surface area contributed by atoms with Crippen LogP contribution in [0.3, 0.4) is 0 Å². The average molecular weight is 545 g/mol. The van der Waals surface area contributed by atoms with E-state index in [0.717, 1.165) is 47.3 Å². The molecule has 10 nitrogen and oxygen atoms in total. The highest BCUT2D eigenvalue weighted by Crippen LogP contribution is 2.28. The second-order valence-electron chi connectivity index (χ2n) is 10.1. The Morgan fingerprint density at radius 3 is 2.52 bits per heavy atom. The van der Waals surface area contributed by atoms with E-state index in [-0.39, 0.29) is 18.4 Å². The molecule has 0 radical (unpaired) electrons. The molecule has 40 heavy (non-hydrogen) atoms. The number of anilines is 4. The molecule has 0 aliphatic heterocycles. The number of benzene rings is 2. The fourth-order valence-corrected chi connectivity index (χ4v) is 4.63. The summed E-state index contributed by atoms with van der Waals surface area (Å²) in [5.74, 6) is 1.12.